The predicted octanol–water partition coefficient (Wildman–Crippen LogP) is 5.15. The Bertz CT molecular complexity index is 2180. The Labute approximate surface area is 286 Å². The highest BCUT2D eigenvalue weighted by Crippen LogP contribution is 2.44. The molecule has 2 aromatic carbocycles. The Morgan fingerprint density at radius 3 is 2.52 bits per heavy atom. The number of aliphatic hydroxyl groups is 1. The zero-order chi connectivity index (χ0) is 33.7. The standard InChI is InChI=1S/C35H34Cl2N6O5/c1-42-26-12-14-38-32(29(26)34(45)43(2)35(42)46)40-24-9-5-7-20(31(24)37)19-6-4-8-21(30(19)36)25-16-18-10-11-23(28(18)33(41-25)47-3)39-22-13-15-48-17-27(22)44/h4-9,12,14,16,22-23,27,39,44H,10-11,13,15,17H2,1-3H3,(H,38,40). The Morgan fingerprint density at radius 1 is 1.00 bits per heavy atom. The first-order valence-electron chi connectivity index (χ1n) is 15.7. The lowest BCUT2D eigenvalue weighted by Crippen LogP contribution is -2.47. The van der Waals surface area contributed by atoms with E-state index in [-0.39, 0.29) is 23.3 Å². The van der Waals surface area contributed by atoms with Gasteiger partial charge < -0.3 is 25.2 Å². The van der Waals surface area contributed by atoms with Crippen LogP contribution in [0.5, 0.6) is 5.88 Å². The molecule has 5 aromatic rings. The van der Waals surface area contributed by atoms with Crippen LogP contribution >= 0.6 is 23.2 Å². The number of methoxy groups -OCH3 is 1. The van der Waals surface area contributed by atoms with Gasteiger partial charge in [0, 0.05) is 61.2 Å². The van der Waals surface area contributed by atoms with E-state index in [1.165, 1.54) is 17.8 Å². The summed E-state index contributed by atoms with van der Waals surface area (Å²) in [5.41, 5.74) is 4.95. The zero-order valence-electron chi connectivity index (χ0n) is 26.6. The van der Waals surface area contributed by atoms with Crippen molar-refractivity contribution in [1.29, 1.82) is 0 Å². The first kappa shape index (κ1) is 32.3. The molecule has 0 radical (unpaired) electrons. The Hall–Kier alpha value is -4.26. The summed E-state index contributed by atoms with van der Waals surface area (Å²) in [4.78, 5) is 34.9. The molecular weight excluding hydrogens is 655 g/mol. The van der Waals surface area contributed by atoms with E-state index in [1.54, 1.807) is 26.3 Å². The maximum atomic E-state index is 13.1. The maximum Gasteiger partial charge on any atom is 0.330 e. The van der Waals surface area contributed by atoms with Crippen LogP contribution < -0.4 is 26.6 Å². The fourth-order valence-electron chi connectivity index (χ4n) is 6.76. The lowest BCUT2D eigenvalue weighted by Gasteiger charge is -2.31. The number of aromatic nitrogens is 4. The number of benzene rings is 2. The van der Waals surface area contributed by atoms with Gasteiger partial charge in [-0.05, 0) is 43.0 Å². The monoisotopic (exact) mass is 688 g/mol. The van der Waals surface area contributed by atoms with Gasteiger partial charge in [0.2, 0.25) is 5.88 Å². The van der Waals surface area contributed by atoms with Gasteiger partial charge in [-0.15, -0.1) is 0 Å². The second-order valence-corrected chi connectivity index (χ2v) is 12.9. The number of anilines is 2. The third-order valence-electron chi connectivity index (χ3n) is 9.29. The van der Waals surface area contributed by atoms with Gasteiger partial charge in [-0.25, -0.2) is 14.8 Å². The second-order valence-electron chi connectivity index (χ2n) is 12.1. The number of nitrogens with zero attached hydrogens (tertiary/aromatic N) is 4. The number of ether oxygens (including phenoxy) is 2. The van der Waals surface area contributed by atoms with E-state index >= 15 is 0 Å². The van der Waals surface area contributed by atoms with Gasteiger partial charge in [0.05, 0.1) is 46.8 Å². The molecule has 2 aliphatic rings. The summed E-state index contributed by atoms with van der Waals surface area (Å²) in [5.74, 6) is 0.798. The smallest absolute Gasteiger partial charge is 0.330 e. The van der Waals surface area contributed by atoms with Crippen molar-refractivity contribution >= 4 is 45.6 Å². The molecule has 7 rings (SSSR count). The summed E-state index contributed by atoms with van der Waals surface area (Å²) in [6.07, 6.45) is 3.40. The minimum Gasteiger partial charge on any atom is -0.481 e. The molecule has 3 atom stereocenters. The number of hydrogen-bond donors (Lipinski definition) is 3. The average molecular weight is 690 g/mol. The number of aryl methyl sites for hydroxylation is 2. The van der Waals surface area contributed by atoms with Gasteiger partial charge in [0.15, 0.2) is 0 Å². The molecule has 3 N–H and O–H groups in total. The molecule has 0 bridgehead atoms. The largest absolute Gasteiger partial charge is 0.481 e. The van der Waals surface area contributed by atoms with Gasteiger partial charge in [0.1, 0.15) is 11.2 Å². The third kappa shape index (κ3) is 5.55. The van der Waals surface area contributed by atoms with Crippen LogP contribution in [-0.4, -0.2) is 56.7 Å². The van der Waals surface area contributed by atoms with Crippen molar-refractivity contribution in [3.63, 3.8) is 0 Å². The van der Waals surface area contributed by atoms with Crippen LogP contribution in [0.3, 0.4) is 0 Å². The number of aliphatic hydroxyl groups excluding tert-OH is 1. The topological polar surface area (TPSA) is 133 Å². The zero-order valence-corrected chi connectivity index (χ0v) is 28.1. The van der Waals surface area contributed by atoms with Crippen molar-refractivity contribution in [2.24, 2.45) is 14.1 Å². The first-order valence-corrected chi connectivity index (χ1v) is 16.4. The van der Waals surface area contributed by atoms with Gasteiger partial charge in [-0.1, -0.05) is 53.5 Å². The molecule has 4 heterocycles. The Kier molecular flexibility index (Phi) is 8.73. The minimum absolute atomic E-state index is 0.00592. The fourth-order valence-corrected chi connectivity index (χ4v) is 7.36. The van der Waals surface area contributed by atoms with Gasteiger partial charge in [-0.2, -0.15) is 0 Å². The van der Waals surface area contributed by atoms with Crippen LogP contribution in [0.4, 0.5) is 11.5 Å². The molecule has 1 fully saturated rings. The highest BCUT2D eigenvalue weighted by molar-refractivity contribution is 6.39. The van der Waals surface area contributed by atoms with E-state index in [1.807, 2.05) is 30.3 Å². The molecule has 248 valence electrons. The Balaban J connectivity index is 1.24. The fraction of sp³-hybridized carbons (Fsp3) is 0.314. The maximum absolute atomic E-state index is 13.1. The van der Waals surface area contributed by atoms with Crippen LogP contribution in [0.25, 0.3) is 33.3 Å². The highest BCUT2D eigenvalue weighted by atomic mass is 35.5. The molecule has 0 spiro atoms. The number of fused-ring (bicyclic) bond motifs is 2. The van der Waals surface area contributed by atoms with Gasteiger partial charge in [0.25, 0.3) is 5.56 Å². The molecular formula is C35H34Cl2N6O5. The molecule has 1 saturated heterocycles. The number of rotatable bonds is 7. The lowest BCUT2D eigenvalue weighted by atomic mass is 9.99. The molecule has 13 heteroatoms. The van der Waals surface area contributed by atoms with Crippen LogP contribution in [0.2, 0.25) is 10.0 Å². The van der Waals surface area contributed by atoms with Crippen molar-refractivity contribution in [2.75, 3.05) is 25.6 Å². The molecule has 0 saturated carbocycles. The summed E-state index contributed by atoms with van der Waals surface area (Å²) in [6, 6.07) is 14.8. The van der Waals surface area contributed by atoms with Gasteiger partial charge in [-0.3, -0.25) is 13.9 Å². The quantitative estimate of drug-likeness (QED) is 0.212. The van der Waals surface area contributed by atoms with E-state index in [0.717, 1.165) is 40.5 Å². The lowest BCUT2D eigenvalue weighted by molar-refractivity contribution is -0.0304. The van der Waals surface area contributed by atoms with Crippen LogP contribution in [0, 0.1) is 0 Å². The summed E-state index contributed by atoms with van der Waals surface area (Å²) in [7, 11) is 4.65. The number of nitrogens with one attached hydrogen (secondary N) is 2. The average Bonchev–Trinajstić information content (AvgIpc) is 3.50. The van der Waals surface area contributed by atoms with Crippen molar-refractivity contribution in [1.82, 2.24) is 24.4 Å². The molecule has 48 heavy (non-hydrogen) atoms. The number of hydrogen-bond acceptors (Lipinski definition) is 9. The SMILES string of the molecule is COc1nc(-c2cccc(-c3cccc(Nc4nccc5c4c(=O)n(C)c(=O)n5C)c3Cl)c2Cl)cc2c1C(NC1CCOCC1O)CC2. The normalized spacial score (nSPS) is 19.0. The molecule has 1 aliphatic heterocycles. The summed E-state index contributed by atoms with van der Waals surface area (Å²) in [6.45, 7) is 0.939. The van der Waals surface area contributed by atoms with Crippen molar-refractivity contribution in [3.8, 4) is 28.3 Å². The van der Waals surface area contributed by atoms with Crippen molar-refractivity contribution < 1.29 is 14.6 Å². The van der Waals surface area contributed by atoms with Crippen LogP contribution in [-0.2, 0) is 25.3 Å². The number of pyridine rings is 2. The summed E-state index contributed by atoms with van der Waals surface area (Å²) < 4.78 is 13.7. The molecule has 1 aliphatic carbocycles. The van der Waals surface area contributed by atoms with Crippen LogP contribution in [0.1, 0.15) is 30.0 Å². The molecule has 0 amide bonds. The van der Waals surface area contributed by atoms with E-state index in [9.17, 15) is 14.7 Å². The van der Waals surface area contributed by atoms with E-state index < -0.39 is 17.4 Å². The Morgan fingerprint density at radius 2 is 1.75 bits per heavy atom. The molecule has 3 unspecified atom stereocenters. The van der Waals surface area contributed by atoms with E-state index in [4.69, 9.17) is 37.7 Å². The summed E-state index contributed by atoms with van der Waals surface area (Å²) >= 11 is 14.1. The number of halogens is 2. The second kappa shape index (κ2) is 13.0. The van der Waals surface area contributed by atoms with Crippen molar-refractivity contribution in [3.05, 3.63) is 96.7 Å². The highest BCUT2D eigenvalue weighted by Gasteiger charge is 2.33. The molecule has 3 aromatic heterocycles. The summed E-state index contributed by atoms with van der Waals surface area (Å²) in [5, 5.41) is 18.4. The van der Waals surface area contributed by atoms with E-state index in [0.29, 0.717) is 57.2 Å². The minimum atomic E-state index is -0.561. The first-order chi connectivity index (χ1) is 23.2. The van der Waals surface area contributed by atoms with Gasteiger partial charge >= 0.3 is 5.69 Å². The van der Waals surface area contributed by atoms with E-state index in [2.05, 4.69) is 21.7 Å². The third-order valence-corrected chi connectivity index (χ3v) is 10.1. The van der Waals surface area contributed by atoms with Crippen LogP contribution in [0.15, 0.2) is 64.3 Å². The predicted molar refractivity (Wildman–Crippen MR) is 187 cm³/mol. The van der Waals surface area contributed by atoms with Crippen molar-refractivity contribution in [2.45, 2.75) is 37.5 Å². The molecule has 11 nitrogen and oxygen atoms in total.